The lowest BCUT2D eigenvalue weighted by molar-refractivity contribution is -0.113. The molecule has 1 atom stereocenters. The van der Waals surface area contributed by atoms with Crippen LogP contribution in [0.4, 0.5) is 5.69 Å². The van der Waals surface area contributed by atoms with Crippen molar-refractivity contribution in [3.8, 4) is 0 Å². The minimum absolute atomic E-state index is 0.0781. The molecule has 2 aromatic carbocycles. The highest BCUT2D eigenvalue weighted by Gasteiger charge is 2.26. The lowest BCUT2D eigenvalue weighted by Crippen LogP contribution is -2.33. The maximum atomic E-state index is 12.9. The Hall–Kier alpha value is -2.55. The van der Waals surface area contributed by atoms with Crippen LogP contribution >= 0.6 is 35.0 Å². The fourth-order valence-corrected chi connectivity index (χ4v) is 4.55. The van der Waals surface area contributed by atoms with Crippen molar-refractivity contribution >= 4 is 52.5 Å². The summed E-state index contributed by atoms with van der Waals surface area (Å²) in [5.41, 5.74) is 2.07. The van der Waals surface area contributed by atoms with E-state index in [1.165, 1.54) is 11.8 Å². The Morgan fingerprint density at radius 2 is 1.85 bits per heavy atom. The number of aryl methyl sites for hydroxylation is 1. The SMILES string of the molecule is CCn1c(SCC(=O)Nc2cccc(Cl)c2Cl)nnc1[C@H](NC(=O)c1cccc(C)c1)C(C)C. The molecular formula is C24H27Cl2N5O2S. The van der Waals surface area contributed by atoms with Gasteiger partial charge in [0.05, 0.1) is 27.5 Å². The third-order valence-electron chi connectivity index (χ3n) is 5.13. The number of halogens is 2. The van der Waals surface area contributed by atoms with Gasteiger partial charge in [-0.2, -0.15) is 0 Å². The van der Waals surface area contributed by atoms with Gasteiger partial charge in [-0.1, -0.05) is 72.6 Å². The van der Waals surface area contributed by atoms with E-state index < -0.39 is 0 Å². The van der Waals surface area contributed by atoms with E-state index in [2.05, 4.69) is 20.8 Å². The van der Waals surface area contributed by atoms with Crippen molar-refractivity contribution in [2.24, 2.45) is 5.92 Å². The van der Waals surface area contributed by atoms with Crippen LogP contribution in [0.15, 0.2) is 47.6 Å². The fraction of sp³-hybridized carbons (Fsp3) is 0.333. The Kier molecular flexibility index (Phi) is 8.99. The van der Waals surface area contributed by atoms with Gasteiger partial charge in [0.1, 0.15) is 0 Å². The molecule has 0 aliphatic rings. The number of anilines is 1. The molecule has 3 aromatic rings. The van der Waals surface area contributed by atoms with Crippen LogP contribution in [-0.2, 0) is 11.3 Å². The number of hydrogen-bond donors (Lipinski definition) is 2. The summed E-state index contributed by atoms with van der Waals surface area (Å²) in [5, 5.41) is 15.8. The second-order valence-corrected chi connectivity index (χ2v) is 9.82. The van der Waals surface area contributed by atoms with Crippen LogP contribution in [0.25, 0.3) is 0 Å². The lowest BCUT2D eigenvalue weighted by atomic mass is 10.0. The van der Waals surface area contributed by atoms with Gasteiger partial charge in [0.15, 0.2) is 11.0 Å². The summed E-state index contributed by atoms with van der Waals surface area (Å²) in [4.78, 5) is 25.4. The zero-order valence-electron chi connectivity index (χ0n) is 19.4. The van der Waals surface area contributed by atoms with E-state index >= 15 is 0 Å². The summed E-state index contributed by atoms with van der Waals surface area (Å²) in [6, 6.07) is 12.2. The van der Waals surface area contributed by atoms with Crippen molar-refractivity contribution < 1.29 is 9.59 Å². The first-order valence-corrected chi connectivity index (χ1v) is 12.6. The smallest absolute Gasteiger partial charge is 0.251 e. The van der Waals surface area contributed by atoms with Crippen molar-refractivity contribution in [2.75, 3.05) is 11.1 Å². The summed E-state index contributed by atoms with van der Waals surface area (Å²) in [6.07, 6.45) is 0. The summed E-state index contributed by atoms with van der Waals surface area (Å²) in [6.45, 7) is 8.55. The van der Waals surface area contributed by atoms with E-state index in [1.54, 1.807) is 24.3 Å². The molecular weight excluding hydrogens is 493 g/mol. The van der Waals surface area contributed by atoms with Gasteiger partial charge >= 0.3 is 0 Å². The van der Waals surface area contributed by atoms with Crippen molar-refractivity contribution in [3.05, 3.63) is 69.5 Å². The zero-order valence-corrected chi connectivity index (χ0v) is 21.8. The number of nitrogens with zero attached hydrogens (tertiary/aromatic N) is 3. The molecule has 0 aliphatic carbocycles. The lowest BCUT2D eigenvalue weighted by Gasteiger charge is -2.22. The van der Waals surface area contributed by atoms with Gasteiger partial charge in [0, 0.05) is 12.1 Å². The number of amides is 2. The van der Waals surface area contributed by atoms with Crippen LogP contribution in [0.5, 0.6) is 0 Å². The molecule has 0 spiro atoms. The van der Waals surface area contributed by atoms with Gasteiger partial charge in [-0.25, -0.2) is 0 Å². The highest BCUT2D eigenvalue weighted by molar-refractivity contribution is 7.99. The number of nitrogens with one attached hydrogen (secondary N) is 2. The van der Waals surface area contributed by atoms with Crippen LogP contribution < -0.4 is 10.6 Å². The first-order chi connectivity index (χ1) is 16.2. The normalized spacial score (nSPS) is 12.0. The monoisotopic (exact) mass is 519 g/mol. The molecule has 0 aliphatic heterocycles. The number of thioether (sulfide) groups is 1. The third kappa shape index (κ3) is 6.31. The molecule has 7 nitrogen and oxygen atoms in total. The molecule has 180 valence electrons. The third-order valence-corrected chi connectivity index (χ3v) is 6.92. The predicted molar refractivity (Wildman–Crippen MR) is 138 cm³/mol. The Morgan fingerprint density at radius 3 is 2.53 bits per heavy atom. The highest BCUT2D eigenvalue weighted by Crippen LogP contribution is 2.30. The molecule has 0 unspecified atom stereocenters. The van der Waals surface area contributed by atoms with Crippen molar-refractivity contribution in [2.45, 2.75) is 45.4 Å². The van der Waals surface area contributed by atoms with Crippen molar-refractivity contribution in [1.82, 2.24) is 20.1 Å². The average molecular weight is 520 g/mol. The van der Waals surface area contributed by atoms with E-state index in [4.69, 9.17) is 23.2 Å². The Morgan fingerprint density at radius 1 is 1.12 bits per heavy atom. The first kappa shape index (κ1) is 26.1. The summed E-state index contributed by atoms with van der Waals surface area (Å²) in [7, 11) is 0. The standard InChI is InChI=1S/C24H27Cl2N5O2S/c1-5-31-22(21(14(2)3)28-23(33)16-9-6-8-15(4)12-16)29-30-24(31)34-13-19(32)27-18-11-7-10-17(25)20(18)26/h6-12,14,21H,5,13H2,1-4H3,(H,27,32)(H,28,33)/t21-/m1/s1. The van der Waals surface area contributed by atoms with E-state index in [0.29, 0.717) is 38.8 Å². The maximum absolute atomic E-state index is 12.9. The van der Waals surface area contributed by atoms with Crippen LogP contribution in [0, 0.1) is 12.8 Å². The second-order valence-electron chi connectivity index (χ2n) is 8.09. The maximum Gasteiger partial charge on any atom is 0.251 e. The minimum atomic E-state index is -0.339. The number of benzene rings is 2. The van der Waals surface area contributed by atoms with Crippen LogP contribution in [0.2, 0.25) is 10.0 Å². The van der Waals surface area contributed by atoms with Crippen LogP contribution in [0.3, 0.4) is 0 Å². The topological polar surface area (TPSA) is 88.9 Å². The van der Waals surface area contributed by atoms with E-state index in [0.717, 1.165) is 5.56 Å². The Bertz CT molecular complexity index is 1180. The minimum Gasteiger partial charge on any atom is -0.342 e. The molecule has 2 N–H and O–H groups in total. The molecule has 0 bridgehead atoms. The van der Waals surface area contributed by atoms with Gasteiger partial charge in [0.25, 0.3) is 5.91 Å². The summed E-state index contributed by atoms with van der Waals surface area (Å²) >= 11 is 13.4. The number of carbonyl (C=O) groups excluding carboxylic acids is 2. The number of carbonyl (C=O) groups is 2. The molecule has 1 aromatic heterocycles. The molecule has 0 saturated heterocycles. The van der Waals surface area contributed by atoms with Gasteiger partial charge in [-0.05, 0) is 44.0 Å². The zero-order chi connectivity index (χ0) is 24.8. The predicted octanol–water partition coefficient (Wildman–Crippen LogP) is 5.77. The number of aromatic nitrogens is 3. The molecule has 1 heterocycles. The Balaban J connectivity index is 1.72. The van der Waals surface area contributed by atoms with E-state index in [-0.39, 0.29) is 29.5 Å². The number of hydrogen-bond acceptors (Lipinski definition) is 5. The summed E-state index contributed by atoms with van der Waals surface area (Å²) < 4.78 is 1.92. The summed E-state index contributed by atoms with van der Waals surface area (Å²) in [5.74, 6) is 0.437. The second kappa shape index (κ2) is 11.7. The molecule has 2 amide bonds. The molecule has 0 fully saturated rings. The first-order valence-electron chi connectivity index (χ1n) is 10.9. The quantitative estimate of drug-likeness (QED) is 0.350. The van der Waals surface area contributed by atoms with Gasteiger partial charge in [-0.3, -0.25) is 9.59 Å². The molecule has 3 rings (SSSR count). The molecule has 34 heavy (non-hydrogen) atoms. The van der Waals surface area contributed by atoms with Gasteiger partial charge in [-0.15, -0.1) is 10.2 Å². The highest BCUT2D eigenvalue weighted by atomic mass is 35.5. The Labute approximate surface area is 213 Å². The van der Waals surface area contributed by atoms with Crippen molar-refractivity contribution in [3.63, 3.8) is 0 Å². The molecule has 0 saturated carbocycles. The van der Waals surface area contributed by atoms with Crippen LogP contribution in [-0.4, -0.2) is 32.3 Å². The van der Waals surface area contributed by atoms with Crippen LogP contribution in [0.1, 0.15) is 48.6 Å². The number of rotatable bonds is 9. The van der Waals surface area contributed by atoms with Gasteiger partial charge < -0.3 is 15.2 Å². The molecule has 0 radical (unpaired) electrons. The van der Waals surface area contributed by atoms with Crippen molar-refractivity contribution in [1.29, 1.82) is 0 Å². The molecule has 10 heteroatoms. The van der Waals surface area contributed by atoms with E-state index in [9.17, 15) is 9.59 Å². The van der Waals surface area contributed by atoms with E-state index in [1.807, 2.05) is 50.5 Å². The largest absolute Gasteiger partial charge is 0.342 e. The average Bonchev–Trinajstić information content (AvgIpc) is 3.21. The fourth-order valence-electron chi connectivity index (χ4n) is 3.39. The van der Waals surface area contributed by atoms with Gasteiger partial charge in [0.2, 0.25) is 5.91 Å².